The lowest BCUT2D eigenvalue weighted by atomic mass is 9.92. The molecule has 0 spiro atoms. The number of hydrogen-bond acceptors (Lipinski definition) is 4. The van der Waals surface area contributed by atoms with Gasteiger partial charge in [-0.25, -0.2) is 4.99 Å². The number of nitrogens with zero attached hydrogens (tertiary/aromatic N) is 1. The first-order valence-electron chi connectivity index (χ1n) is 7.30. The smallest absolute Gasteiger partial charge is 0.195 e. The summed E-state index contributed by atoms with van der Waals surface area (Å²) < 4.78 is 0. The molecule has 0 radical (unpaired) electrons. The summed E-state index contributed by atoms with van der Waals surface area (Å²) in [4.78, 5) is 4.64. The fourth-order valence-corrected chi connectivity index (χ4v) is 3.50. The molecule has 1 aliphatic heterocycles. The van der Waals surface area contributed by atoms with Gasteiger partial charge in [0, 0.05) is 11.6 Å². The second-order valence-electron chi connectivity index (χ2n) is 5.48. The van der Waals surface area contributed by atoms with Gasteiger partial charge in [0.05, 0.1) is 0 Å². The van der Waals surface area contributed by atoms with E-state index in [1.807, 2.05) is 7.05 Å². The molecule has 2 aliphatic rings. The molecule has 106 valence electrons. The highest BCUT2D eigenvalue weighted by Gasteiger charge is 2.41. The van der Waals surface area contributed by atoms with E-state index in [0.717, 1.165) is 19.3 Å². The third kappa shape index (κ3) is 1.91. The molecular weight excluding hydrogens is 248 g/mol. The van der Waals surface area contributed by atoms with Crippen LogP contribution in [0.2, 0.25) is 0 Å². The average Bonchev–Trinajstić information content (AvgIpc) is 2.91. The van der Waals surface area contributed by atoms with Gasteiger partial charge in [-0.1, -0.05) is 37.3 Å². The van der Waals surface area contributed by atoms with Crippen LogP contribution < -0.4 is 16.4 Å². The maximum absolute atomic E-state index is 6.02. The Morgan fingerprint density at radius 1 is 1.40 bits per heavy atom. The largest absolute Gasteiger partial charge is 0.370 e. The number of hydrogen-bond donors (Lipinski definition) is 3. The van der Waals surface area contributed by atoms with Crippen LogP contribution in [0.25, 0.3) is 0 Å². The Hall–Kier alpha value is -1.81. The van der Waals surface area contributed by atoms with Gasteiger partial charge in [0.2, 0.25) is 0 Å². The first-order valence-corrected chi connectivity index (χ1v) is 7.30. The Morgan fingerprint density at radius 2 is 2.15 bits per heavy atom. The van der Waals surface area contributed by atoms with Crippen LogP contribution in [0.15, 0.2) is 46.6 Å². The Labute approximate surface area is 120 Å². The van der Waals surface area contributed by atoms with E-state index in [0.29, 0.717) is 11.9 Å². The second kappa shape index (κ2) is 4.94. The van der Waals surface area contributed by atoms with E-state index in [9.17, 15) is 0 Å². The Bertz CT molecular complexity index is 555. The lowest BCUT2D eigenvalue weighted by molar-refractivity contribution is 0.398. The van der Waals surface area contributed by atoms with E-state index in [1.54, 1.807) is 0 Å². The number of benzene rings is 1. The monoisotopic (exact) mass is 270 g/mol. The standard InChI is InChI=1S/C16H22N4/c1-3-16(18-2)13-10-9-12(11-7-5-4-6-8-11)14(13)19-15(17)20-16/h4-8,12,18H,3,9-10H2,1-2H3,(H3,17,19,20). The number of likely N-dealkylation sites (N-methyl/N-ethyl adjacent to an activating group) is 1. The van der Waals surface area contributed by atoms with Gasteiger partial charge in [0.25, 0.3) is 0 Å². The van der Waals surface area contributed by atoms with Crippen LogP contribution in [-0.4, -0.2) is 18.7 Å². The zero-order valence-corrected chi connectivity index (χ0v) is 12.1. The van der Waals surface area contributed by atoms with Crippen molar-refractivity contribution in [2.45, 2.75) is 37.8 Å². The molecule has 1 heterocycles. The molecule has 0 fully saturated rings. The van der Waals surface area contributed by atoms with E-state index >= 15 is 0 Å². The summed E-state index contributed by atoms with van der Waals surface area (Å²) in [5.74, 6) is 0.919. The fourth-order valence-electron chi connectivity index (χ4n) is 3.50. The first kappa shape index (κ1) is 13.2. The second-order valence-corrected chi connectivity index (χ2v) is 5.48. The SMILES string of the molecule is CCC1(NC)N=C(N)NC2=C1CCC2c1ccccc1. The van der Waals surface area contributed by atoms with E-state index < -0.39 is 0 Å². The van der Waals surface area contributed by atoms with Crippen LogP contribution >= 0.6 is 0 Å². The van der Waals surface area contributed by atoms with Gasteiger partial charge < -0.3 is 11.1 Å². The van der Waals surface area contributed by atoms with Crippen molar-refractivity contribution in [3.05, 3.63) is 47.2 Å². The molecule has 1 aliphatic carbocycles. The zero-order chi connectivity index (χ0) is 14.2. The minimum Gasteiger partial charge on any atom is -0.370 e. The van der Waals surface area contributed by atoms with Crippen molar-refractivity contribution in [2.75, 3.05) is 7.05 Å². The summed E-state index contributed by atoms with van der Waals surface area (Å²) in [5, 5.41) is 6.69. The third-order valence-electron chi connectivity index (χ3n) is 4.56. The molecule has 2 atom stereocenters. The van der Waals surface area contributed by atoms with Crippen molar-refractivity contribution >= 4 is 5.96 Å². The van der Waals surface area contributed by atoms with Crippen LogP contribution in [-0.2, 0) is 0 Å². The normalized spacial score (nSPS) is 28.9. The summed E-state index contributed by atoms with van der Waals surface area (Å²) >= 11 is 0. The van der Waals surface area contributed by atoms with Gasteiger partial charge >= 0.3 is 0 Å². The van der Waals surface area contributed by atoms with Crippen LogP contribution in [0.5, 0.6) is 0 Å². The molecule has 1 aromatic rings. The van der Waals surface area contributed by atoms with Crippen molar-refractivity contribution in [2.24, 2.45) is 10.7 Å². The Morgan fingerprint density at radius 3 is 2.80 bits per heavy atom. The quantitative estimate of drug-likeness (QED) is 0.788. The van der Waals surface area contributed by atoms with E-state index in [1.165, 1.54) is 16.8 Å². The predicted molar refractivity (Wildman–Crippen MR) is 82.3 cm³/mol. The molecule has 2 unspecified atom stereocenters. The number of rotatable bonds is 3. The van der Waals surface area contributed by atoms with E-state index in [4.69, 9.17) is 5.73 Å². The summed E-state index contributed by atoms with van der Waals surface area (Å²) in [6.45, 7) is 2.15. The number of guanidine groups is 1. The summed E-state index contributed by atoms with van der Waals surface area (Å²) in [5.41, 5.74) is 9.66. The van der Waals surface area contributed by atoms with Crippen LogP contribution in [0.3, 0.4) is 0 Å². The topological polar surface area (TPSA) is 62.4 Å². The number of nitrogens with two attached hydrogens (primary N) is 1. The van der Waals surface area contributed by atoms with Crippen molar-refractivity contribution in [1.82, 2.24) is 10.6 Å². The summed E-state index contributed by atoms with van der Waals surface area (Å²) in [6.07, 6.45) is 3.09. The molecule has 4 heteroatoms. The molecule has 0 saturated heterocycles. The molecule has 4 nitrogen and oxygen atoms in total. The van der Waals surface area contributed by atoms with Gasteiger partial charge in [-0.15, -0.1) is 0 Å². The molecule has 20 heavy (non-hydrogen) atoms. The molecular formula is C16H22N4. The average molecular weight is 270 g/mol. The maximum atomic E-state index is 6.02. The van der Waals surface area contributed by atoms with Crippen LogP contribution in [0.4, 0.5) is 0 Å². The van der Waals surface area contributed by atoms with Gasteiger partial charge in [0.1, 0.15) is 5.66 Å². The van der Waals surface area contributed by atoms with Crippen molar-refractivity contribution in [3.63, 3.8) is 0 Å². The van der Waals surface area contributed by atoms with Crippen LogP contribution in [0, 0.1) is 0 Å². The minimum absolute atomic E-state index is 0.325. The molecule has 0 aromatic heterocycles. The number of aliphatic imine (C=N–C) groups is 1. The first-order chi connectivity index (χ1) is 9.70. The molecule has 4 N–H and O–H groups in total. The molecule has 0 bridgehead atoms. The van der Waals surface area contributed by atoms with E-state index in [2.05, 4.69) is 52.9 Å². The molecule has 3 rings (SSSR count). The van der Waals surface area contributed by atoms with E-state index in [-0.39, 0.29) is 5.66 Å². The highest BCUT2D eigenvalue weighted by Crippen LogP contribution is 2.44. The van der Waals surface area contributed by atoms with Crippen molar-refractivity contribution < 1.29 is 0 Å². The van der Waals surface area contributed by atoms with Crippen molar-refractivity contribution in [1.29, 1.82) is 0 Å². The van der Waals surface area contributed by atoms with Gasteiger partial charge in [-0.2, -0.15) is 0 Å². The fraction of sp³-hybridized carbons (Fsp3) is 0.438. The lowest BCUT2D eigenvalue weighted by Gasteiger charge is -2.35. The Kier molecular flexibility index (Phi) is 3.26. The molecule has 1 aromatic carbocycles. The molecule has 0 amide bonds. The van der Waals surface area contributed by atoms with Crippen molar-refractivity contribution in [3.8, 4) is 0 Å². The van der Waals surface area contributed by atoms with Gasteiger partial charge in [0.15, 0.2) is 5.96 Å². The van der Waals surface area contributed by atoms with Gasteiger partial charge in [-0.05, 0) is 37.4 Å². The number of nitrogens with one attached hydrogen (secondary N) is 2. The lowest BCUT2D eigenvalue weighted by Crippen LogP contribution is -2.50. The third-order valence-corrected chi connectivity index (χ3v) is 4.56. The number of allylic oxidation sites excluding steroid dienone is 1. The van der Waals surface area contributed by atoms with Gasteiger partial charge in [-0.3, -0.25) is 5.32 Å². The highest BCUT2D eigenvalue weighted by atomic mass is 15.2. The minimum atomic E-state index is -0.325. The Balaban J connectivity index is 2.03. The highest BCUT2D eigenvalue weighted by molar-refractivity contribution is 5.82. The summed E-state index contributed by atoms with van der Waals surface area (Å²) in [6, 6.07) is 10.6. The molecule has 0 saturated carbocycles. The predicted octanol–water partition coefficient (Wildman–Crippen LogP) is 2.06. The van der Waals surface area contributed by atoms with Crippen LogP contribution in [0.1, 0.15) is 37.7 Å². The zero-order valence-electron chi connectivity index (χ0n) is 12.1. The maximum Gasteiger partial charge on any atom is 0.195 e. The summed E-state index contributed by atoms with van der Waals surface area (Å²) in [7, 11) is 1.96.